The summed E-state index contributed by atoms with van der Waals surface area (Å²) in [6.45, 7) is 2.51. The fraction of sp³-hybridized carbons (Fsp3) is 0.231. The molecule has 0 aliphatic carbocycles. The third-order valence-electron chi connectivity index (χ3n) is 2.83. The minimum Gasteiger partial charge on any atom is -0.478 e. The number of benzene rings is 1. The van der Waals surface area contributed by atoms with Gasteiger partial charge in [0.15, 0.2) is 0 Å². The molecule has 0 radical (unpaired) electrons. The number of aryl methyl sites for hydroxylation is 1. The zero-order chi connectivity index (χ0) is 15.2. The molecule has 8 heteroatoms. The Morgan fingerprint density at radius 1 is 1.38 bits per heavy atom. The van der Waals surface area contributed by atoms with Gasteiger partial charge in [-0.3, -0.25) is 4.68 Å². The van der Waals surface area contributed by atoms with Crippen LogP contribution in [0.3, 0.4) is 0 Å². The molecule has 21 heavy (non-hydrogen) atoms. The van der Waals surface area contributed by atoms with Crippen LogP contribution < -0.4 is 10.6 Å². The Hall–Kier alpha value is -2.90. The van der Waals surface area contributed by atoms with Crippen molar-refractivity contribution in [3.05, 3.63) is 41.7 Å². The van der Waals surface area contributed by atoms with Gasteiger partial charge in [-0.2, -0.15) is 0 Å². The van der Waals surface area contributed by atoms with Crippen LogP contribution in [0, 0.1) is 6.92 Å². The average molecular weight is 289 g/mol. The van der Waals surface area contributed by atoms with Gasteiger partial charge in [-0.15, -0.1) is 5.10 Å². The summed E-state index contributed by atoms with van der Waals surface area (Å²) in [6, 6.07) is 4.44. The van der Waals surface area contributed by atoms with Crippen LogP contribution in [0.1, 0.15) is 15.9 Å². The number of aromatic carboxylic acids is 1. The Labute approximate surface area is 120 Å². The smallest absolute Gasteiger partial charge is 0.338 e. The van der Waals surface area contributed by atoms with Crippen molar-refractivity contribution in [3.8, 4) is 0 Å². The molecule has 0 unspecified atom stereocenters. The van der Waals surface area contributed by atoms with Crippen LogP contribution >= 0.6 is 0 Å². The number of rotatable bonds is 5. The molecule has 8 nitrogen and oxygen atoms in total. The van der Waals surface area contributed by atoms with Crippen LogP contribution in [0.15, 0.2) is 30.6 Å². The van der Waals surface area contributed by atoms with Crippen molar-refractivity contribution < 1.29 is 14.7 Å². The first-order valence-corrected chi connectivity index (χ1v) is 6.30. The van der Waals surface area contributed by atoms with E-state index in [-0.39, 0.29) is 11.3 Å². The van der Waals surface area contributed by atoms with Gasteiger partial charge in [0.05, 0.1) is 24.0 Å². The van der Waals surface area contributed by atoms with E-state index >= 15 is 0 Å². The predicted molar refractivity (Wildman–Crippen MR) is 75.2 cm³/mol. The van der Waals surface area contributed by atoms with Gasteiger partial charge in [0, 0.05) is 12.7 Å². The summed E-state index contributed by atoms with van der Waals surface area (Å²) in [5.74, 6) is -1.08. The number of carboxylic acid groups (broad SMARTS) is 1. The Bertz CT molecular complexity index is 639. The molecule has 1 heterocycles. The number of carbonyl (C=O) groups is 2. The summed E-state index contributed by atoms with van der Waals surface area (Å²) in [5, 5.41) is 21.7. The second kappa shape index (κ2) is 6.51. The van der Waals surface area contributed by atoms with Crippen molar-refractivity contribution in [2.45, 2.75) is 13.5 Å². The topological polar surface area (TPSA) is 109 Å². The number of amides is 2. The summed E-state index contributed by atoms with van der Waals surface area (Å²) in [7, 11) is 0. The highest BCUT2D eigenvalue weighted by atomic mass is 16.4. The van der Waals surface area contributed by atoms with Crippen LogP contribution in [0.5, 0.6) is 0 Å². The molecule has 0 fully saturated rings. The number of urea groups is 1. The highest BCUT2D eigenvalue weighted by Crippen LogP contribution is 2.19. The maximum atomic E-state index is 11.8. The minimum absolute atomic E-state index is 0.0870. The van der Waals surface area contributed by atoms with Crippen molar-refractivity contribution in [2.24, 2.45) is 0 Å². The Kier molecular flexibility index (Phi) is 4.50. The van der Waals surface area contributed by atoms with Gasteiger partial charge in [-0.25, -0.2) is 9.59 Å². The lowest BCUT2D eigenvalue weighted by atomic mass is 10.1. The molecule has 0 bridgehead atoms. The Morgan fingerprint density at radius 2 is 2.19 bits per heavy atom. The average Bonchev–Trinajstić information content (AvgIpc) is 2.91. The van der Waals surface area contributed by atoms with E-state index in [1.54, 1.807) is 42.2 Å². The van der Waals surface area contributed by atoms with Crippen LogP contribution in [0.4, 0.5) is 10.5 Å². The van der Waals surface area contributed by atoms with E-state index in [1.165, 1.54) is 0 Å². The molecule has 2 rings (SSSR count). The van der Waals surface area contributed by atoms with Gasteiger partial charge in [0.2, 0.25) is 0 Å². The highest BCUT2D eigenvalue weighted by molar-refractivity contribution is 6.01. The first kappa shape index (κ1) is 14.5. The summed E-state index contributed by atoms with van der Waals surface area (Å²) in [6.07, 6.45) is 3.23. The number of hydrogen-bond acceptors (Lipinski definition) is 4. The largest absolute Gasteiger partial charge is 0.478 e. The van der Waals surface area contributed by atoms with E-state index in [9.17, 15) is 14.7 Å². The molecule has 0 aliphatic rings. The predicted octanol–water partition coefficient (Wildman–Crippen LogP) is 1.11. The lowest BCUT2D eigenvalue weighted by Gasteiger charge is -2.11. The minimum atomic E-state index is -1.08. The molecule has 110 valence electrons. The van der Waals surface area contributed by atoms with Crippen molar-refractivity contribution in [3.63, 3.8) is 0 Å². The van der Waals surface area contributed by atoms with Crippen LogP contribution in [-0.2, 0) is 6.54 Å². The van der Waals surface area contributed by atoms with E-state index in [1.807, 2.05) is 0 Å². The molecule has 2 aromatic rings. The van der Waals surface area contributed by atoms with E-state index < -0.39 is 12.0 Å². The third-order valence-corrected chi connectivity index (χ3v) is 2.83. The van der Waals surface area contributed by atoms with Crippen molar-refractivity contribution in [2.75, 3.05) is 11.9 Å². The monoisotopic (exact) mass is 289 g/mol. The first-order valence-electron chi connectivity index (χ1n) is 6.30. The molecule has 0 aliphatic heterocycles. The van der Waals surface area contributed by atoms with Gasteiger partial charge in [0.25, 0.3) is 0 Å². The fourth-order valence-electron chi connectivity index (χ4n) is 1.86. The Balaban J connectivity index is 1.93. The molecular weight excluding hydrogens is 274 g/mol. The lowest BCUT2D eigenvalue weighted by Crippen LogP contribution is -2.32. The number of anilines is 1. The third kappa shape index (κ3) is 3.78. The zero-order valence-electron chi connectivity index (χ0n) is 11.4. The molecule has 3 N–H and O–H groups in total. The number of nitrogens with one attached hydrogen (secondary N) is 2. The summed E-state index contributed by atoms with van der Waals surface area (Å²) in [4.78, 5) is 23.0. The van der Waals surface area contributed by atoms with E-state index in [0.29, 0.717) is 18.7 Å². The first-order chi connectivity index (χ1) is 10.1. The van der Waals surface area contributed by atoms with Crippen molar-refractivity contribution in [1.82, 2.24) is 20.3 Å². The normalized spacial score (nSPS) is 10.1. The quantitative estimate of drug-likeness (QED) is 0.763. The van der Waals surface area contributed by atoms with Crippen molar-refractivity contribution in [1.29, 1.82) is 0 Å². The second-order valence-corrected chi connectivity index (χ2v) is 4.35. The van der Waals surface area contributed by atoms with Gasteiger partial charge in [-0.1, -0.05) is 17.3 Å². The molecule has 1 aromatic carbocycles. The summed E-state index contributed by atoms with van der Waals surface area (Å²) >= 11 is 0. The van der Waals surface area contributed by atoms with Gasteiger partial charge < -0.3 is 15.7 Å². The maximum absolute atomic E-state index is 11.8. The lowest BCUT2D eigenvalue weighted by molar-refractivity contribution is 0.0697. The fourth-order valence-corrected chi connectivity index (χ4v) is 1.86. The van der Waals surface area contributed by atoms with E-state index in [2.05, 4.69) is 20.9 Å². The number of hydrogen-bond donors (Lipinski definition) is 3. The maximum Gasteiger partial charge on any atom is 0.338 e. The molecule has 1 aromatic heterocycles. The molecule has 2 amide bonds. The van der Waals surface area contributed by atoms with Crippen LogP contribution in [-0.4, -0.2) is 38.6 Å². The van der Waals surface area contributed by atoms with E-state index in [0.717, 1.165) is 0 Å². The van der Waals surface area contributed by atoms with Crippen LogP contribution in [0.25, 0.3) is 0 Å². The van der Waals surface area contributed by atoms with Gasteiger partial charge in [0.1, 0.15) is 0 Å². The van der Waals surface area contributed by atoms with Crippen LogP contribution in [0.2, 0.25) is 0 Å². The number of carboxylic acids is 1. The Morgan fingerprint density at radius 3 is 2.86 bits per heavy atom. The SMILES string of the molecule is Cc1cccc(NC(=O)NCCn2ccnn2)c1C(=O)O. The van der Waals surface area contributed by atoms with Crippen molar-refractivity contribution >= 4 is 17.7 Å². The van der Waals surface area contributed by atoms with E-state index in [4.69, 9.17) is 0 Å². The summed E-state index contributed by atoms with van der Waals surface area (Å²) < 4.78 is 1.58. The molecule has 0 saturated carbocycles. The molecular formula is C13H15N5O3. The number of aromatic nitrogens is 3. The second-order valence-electron chi connectivity index (χ2n) is 4.35. The molecule has 0 atom stereocenters. The summed E-state index contributed by atoms with van der Waals surface area (Å²) in [5.41, 5.74) is 0.938. The highest BCUT2D eigenvalue weighted by Gasteiger charge is 2.14. The van der Waals surface area contributed by atoms with Gasteiger partial charge >= 0.3 is 12.0 Å². The van der Waals surface area contributed by atoms with Gasteiger partial charge in [-0.05, 0) is 18.6 Å². The molecule has 0 spiro atoms. The zero-order valence-corrected chi connectivity index (χ0v) is 11.4. The number of nitrogens with zero attached hydrogens (tertiary/aromatic N) is 3. The molecule has 0 saturated heterocycles. The number of carbonyl (C=O) groups excluding carboxylic acids is 1. The standard InChI is InChI=1S/C13H15N5O3/c1-9-3-2-4-10(11(9)12(19)20)16-13(21)14-5-7-18-8-6-15-17-18/h2-4,6,8H,5,7H2,1H3,(H,19,20)(H2,14,16,21).